The predicted octanol–water partition coefficient (Wildman–Crippen LogP) is 11.6. The molecule has 0 amide bonds. The average Bonchev–Trinajstić information content (AvgIpc) is 3.51. The number of rotatable bonds is 5. The van der Waals surface area contributed by atoms with E-state index in [-0.39, 0.29) is 5.92 Å². The maximum absolute atomic E-state index is 5.07. The maximum Gasteiger partial charge on any atom is 0.164 e. The van der Waals surface area contributed by atoms with Crippen molar-refractivity contribution in [1.82, 2.24) is 19.5 Å². The Morgan fingerprint density at radius 1 is 0.404 bits per heavy atom. The minimum Gasteiger partial charge on any atom is -0.309 e. The van der Waals surface area contributed by atoms with E-state index in [1.165, 1.54) is 50.0 Å². The Balaban J connectivity index is 1.21. The molecular weight excluding hydrogens is 633 g/mol. The lowest BCUT2D eigenvalue weighted by Crippen LogP contribution is -2.06. The van der Waals surface area contributed by atoms with Gasteiger partial charge < -0.3 is 4.57 Å². The van der Waals surface area contributed by atoms with Gasteiger partial charge in [-0.1, -0.05) is 164 Å². The fourth-order valence-corrected chi connectivity index (χ4v) is 7.88. The van der Waals surface area contributed by atoms with Gasteiger partial charge in [0.25, 0.3) is 0 Å². The van der Waals surface area contributed by atoms with E-state index in [4.69, 9.17) is 15.0 Å². The smallest absolute Gasteiger partial charge is 0.164 e. The van der Waals surface area contributed by atoms with Crippen molar-refractivity contribution in [2.45, 2.75) is 5.92 Å². The molecule has 1 aliphatic carbocycles. The Hall–Kier alpha value is -6.91. The fraction of sp³-hybridized carbons (Fsp3) is 0.0208. The third kappa shape index (κ3) is 4.96. The van der Waals surface area contributed by atoms with Crippen molar-refractivity contribution in [2.75, 3.05) is 0 Å². The molecule has 9 aromatic rings. The van der Waals surface area contributed by atoms with Gasteiger partial charge >= 0.3 is 0 Å². The van der Waals surface area contributed by atoms with Gasteiger partial charge in [0.1, 0.15) is 0 Å². The van der Waals surface area contributed by atoms with Crippen LogP contribution in [0.15, 0.2) is 188 Å². The number of aromatic nitrogens is 4. The summed E-state index contributed by atoms with van der Waals surface area (Å²) in [6, 6.07) is 66.5. The van der Waals surface area contributed by atoms with Gasteiger partial charge in [-0.05, 0) is 46.5 Å². The van der Waals surface area contributed by atoms with Crippen LogP contribution in [0.5, 0.6) is 0 Å². The van der Waals surface area contributed by atoms with Crippen LogP contribution >= 0.6 is 0 Å². The first-order valence-electron chi connectivity index (χ1n) is 17.7. The normalized spacial score (nSPS) is 13.2. The summed E-state index contributed by atoms with van der Waals surface area (Å²) in [5.74, 6) is 1.92. The quantitative estimate of drug-likeness (QED) is 0.184. The van der Waals surface area contributed by atoms with Gasteiger partial charge in [-0.3, -0.25) is 0 Å². The van der Waals surface area contributed by atoms with Gasteiger partial charge in [0.15, 0.2) is 17.5 Å². The van der Waals surface area contributed by atoms with Gasteiger partial charge in [-0.15, -0.1) is 0 Å². The Kier molecular flexibility index (Phi) is 7.17. The molecule has 0 saturated carbocycles. The molecule has 7 aromatic carbocycles. The zero-order valence-corrected chi connectivity index (χ0v) is 28.3. The van der Waals surface area contributed by atoms with Crippen LogP contribution in [-0.2, 0) is 0 Å². The van der Waals surface area contributed by atoms with Gasteiger partial charge in [0, 0.05) is 44.8 Å². The van der Waals surface area contributed by atoms with Crippen molar-refractivity contribution in [3.63, 3.8) is 0 Å². The molecule has 52 heavy (non-hydrogen) atoms. The summed E-state index contributed by atoms with van der Waals surface area (Å²) in [6.07, 6.45) is 0. The predicted molar refractivity (Wildman–Crippen MR) is 211 cm³/mol. The van der Waals surface area contributed by atoms with E-state index in [1.54, 1.807) is 0 Å². The molecule has 2 heterocycles. The Labute approximate surface area is 302 Å². The molecule has 2 aromatic heterocycles. The van der Waals surface area contributed by atoms with Crippen LogP contribution < -0.4 is 0 Å². The van der Waals surface area contributed by atoms with Gasteiger partial charge in [0.05, 0.1) is 11.2 Å². The summed E-state index contributed by atoms with van der Waals surface area (Å²) in [5, 5.41) is 1.24. The minimum absolute atomic E-state index is 0.0354. The number of benzene rings is 7. The average molecular weight is 665 g/mol. The van der Waals surface area contributed by atoms with E-state index in [9.17, 15) is 0 Å². The fourth-order valence-electron chi connectivity index (χ4n) is 7.88. The molecule has 244 valence electrons. The number of para-hydroxylation sites is 2. The Bertz CT molecular complexity index is 2680. The molecule has 0 saturated heterocycles. The summed E-state index contributed by atoms with van der Waals surface area (Å²) >= 11 is 0. The molecule has 1 atom stereocenters. The van der Waals surface area contributed by atoms with Gasteiger partial charge in [0.2, 0.25) is 0 Å². The van der Waals surface area contributed by atoms with E-state index in [2.05, 4.69) is 132 Å². The van der Waals surface area contributed by atoms with Crippen molar-refractivity contribution in [1.29, 1.82) is 0 Å². The standard InChI is InChI=1S/C48H32N4/c1-4-17-32(18-5-1)46-49-47(33-19-6-2-7-20-33)51-48(50-46)35-22-16-21-34(31-35)43-37-25-10-11-26-38(37)44-41-29-14-15-30-42(41)52(36-23-8-3-9-24-36)45(44)40-28-13-12-27-39(40)43/h1-31,43H. The monoisotopic (exact) mass is 664 g/mol. The van der Waals surface area contributed by atoms with E-state index >= 15 is 0 Å². The molecular formula is C48H32N4. The molecule has 4 nitrogen and oxygen atoms in total. The number of hydrogen-bond donors (Lipinski definition) is 0. The summed E-state index contributed by atoms with van der Waals surface area (Å²) < 4.78 is 2.44. The zero-order chi connectivity index (χ0) is 34.4. The molecule has 0 N–H and O–H groups in total. The largest absolute Gasteiger partial charge is 0.309 e. The van der Waals surface area contributed by atoms with Crippen LogP contribution in [0.2, 0.25) is 0 Å². The second kappa shape index (κ2) is 12.4. The SMILES string of the molecule is c1ccc(-c2nc(-c3ccccc3)nc(-c3cccc(C4c5ccccc5-c5c(n(-c6ccccc6)c6ccccc56)-c5ccccc54)c3)n2)cc1. The van der Waals surface area contributed by atoms with Crippen molar-refractivity contribution in [3.05, 3.63) is 205 Å². The third-order valence-corrected chi connectivity index (χ3v) is 10.1. The highest BCUT2D eigenvalue weighted by atomic mass is 15.0. The molecule has 0 aliphatic heterocycles. The van der Waals surface area contributed by atoms with Crippen LogP contribution in [0.4, 0.5) is 0 Å². The lowest BCUT2D eigenvalue weighted by molar-refractivity contribution is 0.983. The van der Waals surface area contributed by atoms with Crippen molar-refractivity contribution >= 4 is 10.9 Å². The highest BCUT2D eigenvalue weighted by molar-refractivity contribution is 6.08. The highest BCUT2D eigenvalue weighted by Gasteiger charge is 2.32. The minimum atomic E-state index is -0.0354. The number of hydrogen-bond acceptors (Lipinski definition) is 3. The van der Waals surface area contributed by atoms with Gasteiger partial charge in [-0.25, -0.2) is 15.0 Å². The van der Waals surface area contributed by atoms with Crippen LogP contribution in [0.25, 0.3) is 73.1 Å². The van der Waals surface area contributed by atoms with Crippen LogP contribution in [0.3, 0.4) is 0 Å². The first-order chi connectivity index (χ1) is 25.8. The van der Waals surface area contributed by atoms with Crippen molar-refractivity contribution in [2.24, 2.45) is 0 Å². The molecule has 0 radical (unpaired) electrons. The highest BCUT2D eigenvalue weighted by Crippen LogP contribution is 2.52. The zero-order valence-electron chi connectivity index (χ0n) is 28.3. The lowest BCUT2D eigenvalue weighted by atomic mass is 9.81. The summed E-state index contributed by atoms with van der Waals surface area (Å²) in [7, 11) is 0. The molecule has 1 aliphatic rings. The van der Waals surface area contributed by atoms with Crippen molar-refractivity contribution < 1.29 is 0 Å². The molecule has 1 unspecified atom stereocenters. The van der Waals surface area contributed by atoms with Crippen molar-refractivity contribution in [3.8, 4) is 62.2 Å². The third-order valence-electron chi connectivity index (χ3n) is 10.1. The van der Waals surface area contributed by atoms with E-state index < -0.39 is 0 Å². The van der Waals surface area contributed by atoms with Gasteiger partial charge in [-0.2, -0.15) is 0 Å². The van der Waals surface area contributed by atoms with Crippen LogP contribution in [0.1, 0.15) is 22.6 Å². The topological polar surface area (TPSA) is 43.6 Å². The van der Waals surface area contributed by atoms with Crippen LogP contribution in [0, 0.1) is 0 Å². The second-order valence-electron chi connectivity index (χ2n) is 13.2. The number of fused-ring (bicyclic) bond motifs is 7. The van der Waals surface area contributed by atoms with E-state index in [0.29, 0.717) is 17.5 Å². The Morgan fingerprint density at radius 2 is 0.904 bits per heavy atom. The van der Waals surface area contributed by atoms with E-state index in [0.717, 1.165) is 22.4 Å². The lowest BCUT2D eigenvalue weighted by Gasteiger charge is -2.22. The number of nitrogens with zero attached hydrogens (tertiary/aromatic N) is 4. The molecule has 4 heteroatoms. The molecule has 0 spiro atoms. The summed E-state index contributed by atoms with van der Waals surface area (Å²) in [5.41, 5.74) is 13.9. The first kappa shape index (κ1) is 30.0. The second-order valence-corrected chi connectivity index (χ2v) is 13.2. The molecule has 0 fully saturated rings. The maximum atomic E-state index is 5.07. The molecule has 10 rings (SSSR count). The van der Waals surface area contributed by atoms with E-state index in [1.807, 2.05) is 60.7 Å². The first-order valence-corrected chi connectivity index (χ1v) is 17.7. The Morgan fingerprint density at radius 3 is 1.58 bits per heavy atom. The summed E-state index contributed by atoms with van der Waals surface area (Å²) in [6.45, 7) is 0. The molecule has 0 bridgehead atoms. The summed E-state index contributed by atoms with van der Waals surface area (Å²) in [4.78, 5) is 15.1. The van der Waals surface area contributed by atoms with Crippen LogP contribution in [-0.4, -0.2) is 19.5 Å².